The van der Waals surface area contributed by atoms with E-state index in [9.17, 15) is 4.79 Å². The number of primary amides is 1. The summed E-state index contributed by atoms with van der Waals surface area (Å²) in [5.41, 5.74) is 12.5. The van der Waals surface area contributed by atoms with E-state index < -0.39 is 0 Å². The molecule has 1 aromatic carbocycles. The Balaban J connectivity index is 2.71. The Hall–Kier alpha value is -1.51. The summed E-state index contributed by atoms with van der Waals surface area (Å²) in [6.07, 6.45) is 0.379. The number of rotatable bonds is 3. The molecule has 0 saturated carbocycles. The Morgan fingerprint density at radius 2 is 1.92 bits per heavy atom. The summed E-state index contributed by atoms with van der Waals surface area (Å²) in [6.45, 7) is 1.97. The standard InChI is InChI=1S/C10H14N2O/c1-7(6-10(12)13)8-2-4-9(11)5-3-8/h2-5,7H,6,11H2,1H3,(H2,12,13). The quantitative estimate of drug-likeness (QED) is 0.684. The summed E-state index contributed by atoms with van der Waals surface area (Å²) in [6, 6.07) is 7.49. The first-order chi connectivity index (χ1) is 6.09. The molecular weight excluding hydrogens is 164 g/mol. The van der Waals surface area contributed by atoms with Crippen LogP contribution in [0.5, 0.6) is 0 Å². The second-order valence-electron chi connectivity index (χ2n) is 3.24. The van der Waals surface area contributed by atoms with Crippen molar-refractivity contribution in [3.63, 3.8) is 0 Å². The Morgan fingerprint density at radius 1 is 1.38 bits per heavy atom. The van der Waals surface area contributed by atoms with E-state index in [0.29, 0.717) is 6.42 Å². The first-order valence-corrected chi connectivity index (χ1v) is 4.23. The molecule has 0 bridgehead atoms. The fourth-order valence-electron chi connectivity index (χ4n) is 1.24. The maximum Gasteiger partial charge on any atom is 0.218 e. The maximum atomic E-state index is 10.6. The van der Waals surface area contributed by atoms with Crippen molar-refractivity contribution in [2.45, 2.75) is 19.3 Å². The average molecular weight is 178 g/mol. The second kappa shape index (κ2) is 3.94. The molecule has 0 aliphatic rings. The molecule has 0 aliphatic heterocycles. The zero-order valence-corrected chi connectivity index (χ0v) is 7.66. The summed E-state index contributed by atoms with van der Waals surface area (Å²) in [5, 5.41) is 0. The van der Waals surface area contributed by atoms with Crippen molar-refractivity contribution >= 4 is 11.6 Å². The predicted octanol–water partition coefficient (Wildman–Crippen LogP) is 1.25. The number of carbonyl (C=O) groups is 1. The minimum atomic E-state index is -0.274. The van der Waals surface area contributed by atoms with Gasteiger partial charge < -0.3 is 11.5 Å². The lowest BCUT2D eigenvalue weighted by atomic mass is 9.97. The van der Waals surface area contributed by atoms with E-state index in [-0.39, 0.29) is 11.8 Å². The number of nitrogens with two attached hydrogens (primary N) is 2. The zero-order valence-electron chi connectivity index (χ0n) is 7.66. The highest BCUT2D eigenvalue weighted by Gasteiger charge is 2.07. The van der Waals surface area contributed by atoms with Crippen LogP contribution in [0.1, 0.15) is 24.8 Å². The van der Waals surface area contributed by atoms with Gasteiger partial charge in [0.05, 0.1) is 0 Å². The maximum absolute atomic E-state index is 10.6. The van der Waals surface area contributed by atoms with E-state index in [0.717, 1.165) is 11.3 Å². The molecule has 0 aliphatic carbocycles. The Labute approximate surface area is 77.7 Å². The molecule has 1 aromatic rings. The van der Waals surface area contributed by atoms with Crippen LogP contribution in [0.2, 0.25) is 0 Å². The summed E-state index contributed by atoms with van der Waals surface area (Å²) >= 11 is 0. The van der Waals surface area contributed by atoms with Crippen molar-refractivity contribution < 1.29 is 4.79 Å². The number of nitrogen functional groups attached to an aromatic ring is 1. The highest BCUT2D eigenvalue weighted by molar-refractivity contribution is 5.74. The molecule has 13 heavy (non-hydrogen) atoms. The molecule has 0 spiro atoms. The second-order valence-corrected chi connectivity index (χ2v) is 3.24. The summed E-state index contributed by atoms with van der Waals surface area (Å²) < 4.78 is 0. The molecule has 0 radical (unpaired) electrons. The lowest BCUT2D eigenvalue weighted by molar-refractivity contribution is -0.118. The predicted molar refractivity (Wildman–Crippen MR) is 53.1 cm³/mol. The molecule has 4 N–H and O–H groups in total. The van der Waals surface area contributed by atoms with Crippen molar-refractivity contribution in [1.29, 1.82) is 0 Å². The first kappa shape index (κ1) is 9.58. The molecular formula is C10H14N2O. The lowest BCUT2D eigenvalue weighted by Crippen LogP contribution is -2.13. The molecule has 0 fully saturated rings. The molecule has 3 nitrogen and oxygen atoms in total. The highest BCUT2D eigenvalue weighted by Crippen LogP contribution is 2.19. The van der Waals surface area contributed by atoms with Gasteiger partial charge in [-0.25, -0.2) is 0 Å². The SMILES string of the molecule is CC(CC(N)=O)c1ccc(N)cc1. The third-order valence-electron chi connectivity index (χ3n) is 2.01. The van der Waals surface area contributed by atoms with E-state index >= 15 is 0 Å². The monoisotopic (exact) mass is 178 g/mol. The van der Waals surface area contributed by atoms with Crippen LogP contribution in [-0.4, -0.2) is 5.91 Å². The van der Waals surface area contributed by atoms with Gasteiger partial charge in [-0.15, -0.1) is 0 Å². The van der Waals surface area contributed by atoms with Gasteiger partial charge in [0.1, 0.15) is 0 Å². The lowest BCUT2D eigenvalue weighted by Gasteiger charge is -2.09. The first-order valence-electron chi connectivity index (χ1n) is 4.23. The molecule has 1 atom stereocenters. The average Bonchev–Trinajstić information content (AvgIpc) is 2.04. The molecule has 3 heteroatoms. The molecule has 70 valence electrons. The van der Waals surface area contributed by atoms with E-state index in [1.54, 1.807) is 0 Å². The largest absolute Gasteiger partial charge is 0.399 e. The van der Waals surface area contributed by atoms with E-state index in [2.05, 4.69) is 0 Å². The Kier molecular flexibility index (Phi) is 2.90. The van der Waals surface area contributed by atoms with Gasteiger partial charge in [-0.2, -0.15) is 0 Å². The zero-order chi connectivity index (χ0) is 9.84. The van der Waals surface area contributed by atoms with Gasteiger partial charge in [0.2, 0.25) is 5.91 Å². The fourth-order valence-corrected chi connectivity index (χ4v) is 1.24. The minimum absolute atomic E-state index is 0.165. The molecule has 0 saturated heterocycles. The molecule has 1 rings (SSSR count). The molecule has 1 unspecified atom stereocenters. The van der Waals surface area contributed by atoms with Crippen LogP contribution in [0, 0.1) is 0 Å². The summed E-state index contributed by atoms with van der Waals surface area (Å²) in [5.74, 6) is -0.109. The number of carbonyl (C=O) groups excluding carboxylic acids is 1. The Bertz CT molecular complexity index is 292. The Morgan fingerprint density at radius 3 is 2.38 bits per heavy atom. The molecule has 0 heterocycles. The van der Waals surface area contributed by atoms with Crippen molar-refractivity contribution in [2.75, 3.05) is 5.73 Å². The van der Waals surface area contributed by atoms with Gasteiger partial charge in [-0.3, -0.25) is 4.79 Å². The number of hydrogen-bond donors (Lipinski definition) is 2. The van der Waals surface area contributed by atoms with Crippen molar-refractivity contribution in [1.82, 2.24) is 0 Å². The summed E-state index contributed by atoms with van der Waals surface area (Å²) in [7, 11) is 0. The van der Waals surface area contributed by atoms with Crippen molar-refractivity contribution in [2.24, 2.45) is 5.73 Å². The minimum Gasteiger partial charge on any atom is -0.399 e. The highest BCUT2D eigenvalue weighted by atomic mass is 16.1. The van der Waals surface area contributed by atoms with Gasteiger partial charge in [-0.1, -0.05) is 19.1 Å². The van der Waals surface area contributed by atoms with Crippen LogP contribution in [0.25, 0.3) is 0 Å². The van der Waals surface area contributed by atoms with Crippen LogP contribution in [-0.2, 0) is 4.79 Å². The number of hydrogen-bond acceptors (Lipinski definition) is 2. The number of benzene rings is 1. The van der Waals surface area contributed by atoms with Crippen molar-refractivity contribution in [3.05, 3.63) is 29.8 Å². The van der Waals surface area contributed by atoms with Gasteiger partial charge in [0, 0.05) is 12.1 Å². The number of amides is 1. The normalized spacial score (nSPS) is 12.4. The van der Waals surface area contributed by atoms with Gasteiger partial charge >= 0.3 is 0 Å². The third-order valence-corrected chi connectivity index (χ3v) is 2.01. The molecule has 1 amide bonds. The van der Waals surface area contributed by atoms with Crippen LogP contribution in [0.3, 0.4) is 0 Å². The van der Waals surface area contributed by atoms with Gasteiger partial charge in [0.15, 0.2) is 0 Å². The van der Waals surface area contributed by atoms with E-state index in [1.807, 2.05) is 31.2 Å². The van der Waals surface area contributed by atoms with Crippen molar-refractivity contribution in [3.8, 4) is 0 Å². The third kappa shape index (κ3) is 2.78. The van der Waals surface area contributed by atoms with Gasteiger partial charge in [-0.05, 0) is 23.6 Å². The fraction of sp³-hybridized carbons (Fsp3) is 0.300. The van der Waals surface area contributed by atoms with E-state index in [1.165, 1.54) is 0 Å². The van der Waals surface area contributed by atoms with Crippen LogP contribution >= 0.6 is 0 Å². The van der Waals surface area contributed by atoms with Crippen LogP contribution in [0.4, 0.5) is 5.69 Å². The summed E-state index contributed by atoms with van der Waals surface area (Å²) in [4.78, 5) is 10.6. The topological polar surface area (TPSA) is 69.1 Å². The molecule has 0 aromatic heterocycles. The number of anilines is 1. The van der Waals surface area contributed by atoms with Crippen LogP contribution < -0.4 is 11.5 Å². The van der Waals surface area contributed by atoms with Crippen LogP contribution in [0.15, 0.2) is 24.3 Å². The van der Waals surface area contributed by atoms with Gasteiger partial charge in [0.25, 0.3) is 0 Å². The van der Waals surface area contributed by atoms with E-state index in [4.69, 9.17) is 11.5 Å². The smallest absolute Gasteiger partial charge is 0.218 e.